The SMILES string of the molecule is CN(C)c1nc(NN)nc(NCCCCO)n1. The van der Waals surface area contributed by atoms with Crippen molar-refractivity contribution in [3.63, 3.8) is 0 Å². The first-order chi connectivity index (χ1) is 8.17. The molecule has 0 aliphatic heterocycles. The summed E-state index contributed by atoms with van der Waals surface area (Å²) in [7, 11) is 3.68. The highest BCUT2D eigenvalue weighted by Gasteiger charge is 2.06. The standard InChI is InChI=1S/C9H19N7O/c1-16(2)9-13-7(11-5-3-4-6-17)12-8(14-9)15-10/h17H,3-6,10H2,1-2H3,(H2,11,12,13,14,15). The van der Waals surface area contributed by atoms with Gasteiger partial charge in [-0.05, 0) is 12.8 Å². The van der Waals surface area contributed by atoms with Crippen LogP contribution < -0.4 is 21.5 Å². The highest BCUT2D eigenvalue weighted by Crippen LogP contribution is 2.10. The Morgan fingerprint density at radius 1 is 1.18 bits per heavy atom. The number of aromatic nitrogens is 3. The average Bonchev–Trinajstić information content (AvgIpc) is 2.34. The summed E-state index contributed by atoms with van der Waals surface area (Å²) in [6.07, 6.45) is 1.60. The Balaban J connectivity index is 2.66. The molecule has 0 amide bonds. The number of hydrazine groups is 1. The number of unbranched alkanes of at least 4 members (excludes halogenated alkanes) is 1. The first kappa shape index (κ1) is 13.4. The van der Waals surface area contributed by atoms with Gasteiger partial charge in [-0.2, -0.15) is 15.0 Å². The van der Waals surface area contributed by atoms with E-state index in [1.54, 1.807) is 4.90 Å². The lowest BCUT2D eigenvalue weighted by molar-refractivity contribution is 0.286. The lowest BCUT2D eigenvalue weighted by Crippen LogP contribution is -2.19. The highest BCUT2D eigenvalue weighted by molar-refractivity contribution is 5.42. The highest BCUT2D eigenvalue weighted by atomic mass is 16.2. The van der Waals surface area contributed by atoms with Gasteiger partial charge >= 0.3 is 0 Å². The van der Waals surface area contributed by atoms with E-state index < -0.39 is 0 Å². The van der Waals surface area contributed by atoms with Crippen molar-refractivity contribution in [2.24, 2.45) is 5.84 Å². The number of nitrogen functional groups attached to an aromatic ring is 1. The van der Waals surface area contributed by atoms with Gasteiger partial charge < -0.3 is 15.3 Å². The van der Waals surface area contributed by atoms with Gasteiger partial charge in [0.2, 0.25) is 17.8 Å². The fourth-order valence-electron chi connectivity index (χ4n) is 1.15. The molecule has 0 fully saturated rings. The smallest absolute Gasteiger partial charge is 0.243 e. The lowest BCUT2D eigenvalue weighted by atomic mass is 10.3. The molecule has 0 saturated heterocycles. The third kappa shape index (κ3) is 4.37. The van der Waals surface area contributed by atoms with Crippen LogP contribution >= 0.6 is 0 Å². The third-order valence-corrected chi connectivity index (χ3v) is 2.02. The van der Waals surface area contributed by atoms with Crippen LogP contribution in [-0.4, -0.2) is 47.3 Å². The molecule has 17 heavy (non-hydrogen) atoms. The number of nitrogens with one attached hydrogen (secondary N) is 2. The van der Waals surface area contributed by atoms with E-state index in [9.17, 15) is 0 Å². The van der Waals surface area contributed by atoms with Crippen molar-refractivity contribution in [2.45, 2.75) is 12.8 Å². The van der Waals surface area contributed by atoms with E-state index in [1.165, 1.54) is 0 Å². The molecule has 1 heterocycles. The zero-order valence-corrected chi connectivity index (χ0v) is 10.1. The molecular weight excluding hydrogens is 222 g/mol. The summed E-state index contributed by atoms with van der Waals surface area (Å²) in [5.74, 6) is 6.59. The molecule has 0 saturated carbocycles. The molecule has 8 nitrogen and oxygen atoms in total. The van der Waals surface area contributed by atoms with E-state index in [2.05, 4.69) is 25.7 Å². The van der Waals surface area contributed by atoms with Crippen LogP contribution in [0.2, 0.25) is 0 Å². The summed E-state index contributed by atoms with van der Waals surface area (Å²) in [5, 5.41) is 11.7. The van der Waals surface area contributed by atoms with Gasteiger partial charge in [-0.15, -0.1) is 0 Å². The predicted molar refractivity (Wildman–Crippen MR) is 66.8 cm³/mol. The Morgan fingerprint density at radius 3 is 2.47 bits per heavy atom. The molecule has 0 atom stereocenters. The van der Waals surface area contributed by atoms with E-state index in [1.807, 2.05) is 14.1 Å². The largest absolute Gasteiger partial charge is 0.396 e. The van der Waals surface area contributed by atoms with E-state index in [0.717, 1.165) is 12.8 Å². The molecule has 8 heteroatoms. The molecule has 1 rings (SSSR count). The second kappa shape index (κ2) is 6.81. The first-order valence-electron chi connectivity index (χ1n) is 5.42. The fourth-order valence-corrected chi connectivity index (χ4v) is 1.15. The molecule has 0 radical (unpaired) electrons. The van der Waals surface area contributed by atoms with Gasteiger partial charge in [0.25, 0.3) is 0 Å². The Hall–Kier alpha value is -1.67. The summed E-state index contributed by atoms with van der Waals surface area (Å²) >= 11 is 0. The van der Waals surface area contributed by atoms with Crippen molar-refractivity contribution in [1.82, 2.24) is 15.0 Å². The minimum atomic E-state index is 0.192. The van der Waals surface area contributed by atoms with Gasteiger partial charge in [0.1, 0.15) is 0 Å². The molecule has 5 N–H and O–H groups in total. The Kier molecular flexibility index (Phi) is 5.37. The van der Waals surface area contributed by atoms with Crippen molar-refractivity contribution in [2.75, 3.05) is 42.9 Å². The topological polar surface area (TPSA) is 112 Å². The second-order valence-electron chi connectivity index (χ2n) is 3.68. The minimum Gasteiger partial charge on any atom is -0.396 e. The number of anilines is 3. The number of rotatable bonds is 7. The van der Waals surface area contributed by atoms with Crippen LogP contribution in [0.25, 0.3) is 0 Å². The van der Waals surface area contributed by atoms with Gasteiger partial charge in [0, 0.05) is 27.2 Å². The molecule has 0 aromatic carbocycles. The Labute approximate surface area is 100 Å². The summed E-state index contributed by atoms with van der Waals surface area (Å²) in [6.45, 7) is 0.888. The van der Waals surface area contributed by atoms with Crippen molar-refractivity contribution >= 4 is 17.8 Å². The van der Waals surface area contributed by atoms with Gasteiger partial charge in [-0.1, -0.05) is 0 Å². The maximum atomic E-state index is 8.66. The molecule has 1 aromatic heterocycles. The van der Waals surface area contributed by atoms with Crippen LogP contribution in [0.5, 0.6) is 0 Å². The third-order valence-electron chi connectivity index (χ3n) is 2.02. The lowest BCUT2D eigenvalue weighted by Gasteiger charge is -2.12. The number of aliphatic hydroxyl groups is 1. The number of nitrogens with zero attached hydrogens (tertiary/aromatic N) is 4. The summed E-state index contributed by atoms with van der Waals surface area (Å²) in [5.41, 5.74) is 2.40. The molecule has 0 unspecified atom stereocenters. The van der Waals surface area contributed by atoms with E-state index >= 15 is 0 Å². The number of nitrogens with two attached hydrogens (primary N) is 1. The molecule has 1 aromatic rings. The quantitative estimate of drug-likeness (QED) is 0.284. The first-order valence-corrected chi connectivity index (χ1v) is 5.42. The molecule has 0 aliphatic rings. The maximum absolute atomic E-state index is 8.66. The normalized spacial score (nSPS) is 10.1. The fraction of sp³-hybridized carbons (Fsp3) is 0.667. The molecule has 0 bridgehead atoms. The van der Waals surface area contributed by atoms with Crippen molar-refractivity contribution in [1.29, 1.82) is 0 Å². The van der Waals surface area contributed by atoms with E-state index in [4.69, 9.17) is 10.9 Å². The maximum Gasteiger partial charge on any atom is 0.243 e. The minimum absolute atomic E-state index is 0.192. The van der Waals surface area contributed by atoms with Crippen LogP contribution in [0.1, 0.15) is 12.8 Å². The van der Waals surface area contributed by atoms with Crippen molar-refractivity contribution < 1.29 is 5.11 Å². The van der Waals surface area contributed by atoms with E-state index in [-0.39, 0.29) is 6.61 Å². The van der Waals surface area contributed by atoms with Gasteiger partial charge in [-0.3, -0.25) is 5.43 Å². The van der Waals surface area contributed by atoms with Gasteiger partial charge in [0.05, 0.1) is 0 Å². The van der Waals surface area contributed by atoms with Gasteiger partial charge in [-0.25, -0.2) is 5.84 Å². The summed E-state index contributed by atoms with van der Waals surface area (Å²) in [6, 6.07) is 0. The van der Waals surface area contributed by atoms with Crippen LogP contribution in [0, 0.1) is 0 Å². The molecular formula is C9H19N7O. The van der Waals surface area contributed by atoms with E-state index in [0.29, 0.717) is 24.4 Å². The van der Waals surface area contributed by atoms with Crippen LogP contribution in [0.15, 0.2) is 0 Å². The molecule has 0 spiro atoms. The average molecular weight is 241 g/mol. The predicted octanol–water partition coefficient (Wildman–Crippen LogP) is -0.592. The monoisotopic (exact) mass is 241 g/mol. The zero-order chi connectivity index (χ0) is 12.7. The Morgan fingerprint density at radius 2 is 1.88 bits per heavy atom. The molecule has 0 aliphatic carbocycles. The van der Waals surface area contributed by atoms with Crippen LogP contribution in [0.4, 0.5) is 17.8 Å². The van der Waals surface area contributed by atoms with Crippen molar-refractivity contribution in [3.8, 4) is 0 Å². The summed E-state index contributed by atoms with van der Waals surface area (Å²) in [4.78, 5) is 14.1. The van der Waals surface area contributed by atoms with Crippen molar-refractivity contribution in [3.05, 3.63) is 0 Å². The number of aliphatic hydroxyl groups excluding tert-OH is 1. The second-order valence-corrected chi connectivity index (χ2v) is 3.68. The zero-order valence-electron chi connectivity index (χ0n) is 10.1. The number of hydrogen-bond acceptors (Lipinski definition) is 8. The van der Waals surface area contributed by atoms with Gasteiger partial charge in [0.15, 0.2) is 0 Å². The summed E-state index contributed by atoms with van der Waals surface area (Å²) < 4.78 is 0. The number of hydrogen-bond donors (Lipinski definition) is 4. The van der Waals surface area contributed by atoms with Crippen LogP contribution in [-0.2, 0) is 0 Å². The molecule has 96 valence electrons. The van der Waals surface area contributed by atoms with Crippen LogP contribution in [0.3, 0.4) is 0 Å². The Bertz CT molecular complexity index is 344.